The number of ether oxygens (including phenoxy) is 2. The van der Waals surface area contributed by atoms with Crippen molar-refractivity contribution in [2.75, 3.05) is 27.3 Å². The highest BCUT2D eigenvalue weighted by molar-refractivity contribution is 5.94. The lowest BCUT2D eigenvalue weighted by atomic mass is 9.95. The molecule has 1 aliphatic rings. The molecule has 1 heterocycles. The smallest absolute Gasteiger partial charge is 0.416 e. The number of hydrogen-bond acceptors (Lipinski definition) is 4. The fourth-order valence-electron chi connectivity index (χ4n) is 3.65. The Balaban J connectivity index is 1.52. The zero-order chi connectivity index (χ0) is 23.3. The number of benzene rings is 2. The van der Waals surface area contributed by atoms with Crippen LogP contribution in [0.2, 0.25) is 0 Å². The van der Waals surface area contributed by atoms with Crippen LogP contribution >= 0.6 is 0 Å². The monoisotopic (exact) mass is 450 g/mol. The van der Waals surface area contributed by atoms with Gasteiger partial charge in [0.05, 0.1) is 19.8 Å². The van der Waals surface area contributed by atoms with Gasteiger partial charge in [-0.05, 0) is 49.2 Å². The number of nitrogens with zero attached hydrogens (tertiary/aromatic N) is 1. The third-order valence-electron chi connectivity index (χ3n) is 5.56. The second-order valence-corrected chi connectivity index (χ2v) is 7.54. The molecule has 32 heavy (non-hydrogen) atoms. The Labute approximate surface area is 184 Å². The number of carbonyl (C=O) groups is 2. The van der Waals surface area contributed by atoms with Gasteiger partial charge in [-0.25, -0.2) is 0 Å². The zero-order valence-corrected chi connectivity index (χ0v) is 17.9. The molecule has 172 valence electrons. The molecule has 0 radical (unpaired) electrons. The summed E-state index contributed by atoms with van der Waals surface area (Å²) in [6.45, 7) is 1.03. The minimum absolute atomic E-state index is 0.107. The third-order valence-corrected chi connectivity index (χ3v) is 5.56. The van der Waals surface area contributed by atoms with Crippen molar-refractivity contribution >= 4 is 11.8 Å². The highest BCUT2D eigenvalue weighted by Crippen LogP contribution is 2.29. The standard InChI is InChI=1S/C23H25F3N2O4/c1-31-19-8-5-17(20(13-19)32-2)14-27-21(29)15-9-11-28(12-10-15)22(30)16-3-6-18(7-4-16)23(24,25)26/h3-8,13,15H,9-12,14H2,1-2H3,(H,27,29). The average Bonchev–Trinajstić information content (AvgIpc) is 2.81. The fraction of sp³-hybridized carbons (Fsp3) is 0.391. The fourth-order valence-corrected chi connectivity index (χ4v) is 3.65. The zero-order valence-electron chi connectivity index (χ0n) is 17.9. The molecule has 0 spiro atoms. The van der Waals surface area contributed by atoms with Crippen LogP contribution < -0.4 is 14.8 Å². The van der Waals surface area contributed by atoms with Gasteiger partial charge in [0.1, 0.15) is 11.5 Å². The average molecular weight is 450 g/mol. The maximum absolute atomic E-state index is 12.7. The van der Waals surface area contributed by atoms with E-state index in [1.807, 2.05) is 6.07 Å². The Morgan fingerprint density at radius 2 is 1.69 bits per heavy atom. The van der Waals surface area contributed by atoms with Crippen LogP contribution in [0.3, 0.4) is 0 Å². The Kier molecular flexibility index (Phi) is 7.27. The van der Waals surface area contributed by atoms with Gasteiger partial charge in [-0.1, -0.05) is 0 Å². The summed E-state index contributed by atoms with van der Waals surface area (Å²) in [5.74, 6) is 0.588. The van der Waals surface area contributed by atoms with Crippen LogP contribution in [0.1, 0.15) is 34.3 Å². The van der Waals surface area contributed by atoms with E-state index in [1.165, 1.54) is 12.1 Å². The topological polar surface area (TPSA) is 67.9 Å². The minimum Gasteiger partial charge on any atom is -0.497 e. The maximum atomic E-state index is 12.7. The van der Waals surface area contributed by atoms with Crippen LogP contribution in [-0.4, -0.2) is 44.0 Å². The molecule has 0 unspecified atom stereocenters. The molecule has 0 bridgehead atoms. The first-order chi connectivity index (χ1) is 15.2. The lowest BCUT2D eigenvalue weighted by Gasteiger charge is -2.31. The van der Waals surface area contributed by atoms with E-state index in [1.54, 1.807) is 31.3 Å². The molecule has 3 rings (SSSR count). The number of nitrogens with one attached hydrogen (secondary N) is 1. The Morgan fingerprint density at radius 1 is 1.03 bits per heavy atom. The molecule has 2 aromatic rings. The summed E-state index contributed by atoms with van der Waals surface area (Å²) in [5.41, 5.74) is 0.224. The van der Waals surface area contributed by atoms with Crippen LogP contribution in [0.15, 0.2) is 42.5 Å². The summed E-state index contributed by atoms with van der Waals surface area (Å²) >= 11 is 0. The molecule has 1 N–H and O–H groups in total. The van der Waals surface area contributed by atoms with Gasteiger partial charge in [0.15, 0.2) is 0 Å². The summed E-state index contributed by atoms with van der Waals surface area (Å²) < 4.78 is 48.6. The van der Waals surface area contributed by atoms with Crippen molar-refractivity contribution in [2.24, 2.45) is 5.92 Å². The molecule has 2 aromatic carbocycles. The number of amides is 2. The first-order valence-electron chi connectivity index (χ1n) is 10.2. The first kappa shape index (κ1) is 23.4. The summed E-state index contributed by atoms with van der Waals surface area (Å²) in [4.78, 5) is 26.7. The Hall–Kier alpha value is -3.23. The number of hydrogen-bond donors (Lipinski definition) is 1. The van der Waals surface area contributed by atoms with Crippen molar-refractivity contribution in [1.29, 1.82) is 0 Å². The van der Waals surface area contributed by atoms with Crippen LogP contribution in [0.25, 0.3) is 0 Å². The predicted octanol–water partition coefficient (Wildman–Crippen LogP) is 3.89. The summed E-state index contributed by atoms with van der Waals surface area (Å²) in [7, 11) is 3.11. The highest BCUT2D eigenvalue weighted by Gasteiger charge is 2.31. The SMILES string of the molecule is COc1ccc(CNC(=O)C2CCN(C(=O)c3ccc(C(F)(F)F)cc3)CC2)c(OC)c1. The number of likely N-dealkylation sites (tertiary alicyclic amines) is 1. The summed E-state index contributed by atoms with van der Waals surface area (Å²) in [5, 5.41) is 2.91. The lowest BCUT2D eigenvalue weighted by Crippen LogP contribution is -2.43. The molecular weight excluding hydrogens is 425 g/mol. The number of methoxy groups -OCH3 is 2. The normalized spacial score (nSPS) is 14.7. The van der Waals surface area contributed by atoms with Gasteiger partial charge in [0.25, 0.3) is 5.91 Å². The van der Waals surface area contributed by atoms with E-state index >= 15 is 0 Å². The van der Waals surface area contributed by atoms with Crippen LogP contribution in [-0.2, 0) is 17.5 Å². The molecule has 9 heteroatoms. The largest absolute Gasteiger partial charge is 0.497 e. The van der Waals surface area contributed by atoms with E-state index in [9.17, 15) is 22.8 Å². The van der Waals surface area contributed by atoms with Crippen molar-refractivity contribution in [3.8, 4) is 11.5 Å². The molecule has 1 fully saturated rings. The van der Waals surface area contributed by atoms with Crippen molar-refractivity contribution < 1.29 is 32.2 Å². The summed E-state index contributed by atoms with van der Waals surface area (Å²) in [6, 6.07) is 9.53. The second kappa shape index (κ2) is 9.93. The molecule has 0 aromatic heterocycles. The first-order valence-corrected chi connectivity index (χ1v) is 10.2. The molecule has 0 atom stereocenters. The minimum atomic E-state index is -4.44. The predicted molar refractivity (Wildman–Crippen MR) is 111 cm³/mol. The van der Waals surface area contributed by atoms with E-state index in [2.05, 4.69) is 5.32 Å². The third kappa shape index (κ3) is 5.52. The molecule has 1 aliphatic heterocycles. The number of alkyl halides is 3. The quantitative estimate of drug-likeness (QED) is 0.725. The molecular formula is C23H25F3N2O4. The van der Waals surface area contributed by atoms with Gasteiger partial charge in [-0.2, -0.15) is 13.2 Å². The number of carbonyl (C=O) groups excluding carboxylic acids is 2. The van der Waals surface area contributed by atoms with Gasteiger partial charge >= 0.3 is 6.18 Å². The second-order valence-electron chi connectivity index (χ2n) is 7.54. The van der Waals surface area contributed by atoms with Gasteiger partial charge in [-0.3, -0.25) is 9.59 Å². The highest BCUT2D eigenvalue weighted by atomic mass is 19.4. The number of piperidine rings is 1. The van der Waals surface area contributed by atoms with E-state index in [-0.39, 0.29) is 23.3 Å². The van der Waals surface area contributed by atoms with Gasteiger partial charge < -0.3 is 19.7 Å². The van der Waals surface area contributed by atoms with E-state index in [4.69, 9.17) is 9.47 Å². The van der Waals surface area contributed by atoms with Crippen LogP contribution in [0.4, 0.5) is 13.2 Å². The van der Waals surface area contributed by atoms with Gasteiger partial charge in [0.2, 0.25) is 5.91 Å². The Morgan fingerprint density at radius 3 is 2.25 bits per heavy atom. The lowest BCUT2D eigenvalue weighted by molar-refractivity contribution is -0.137. The van der Waals surface area contributed by atoms with E-state index < -0.39 is 11.7 Å². The Bertz CT molecular complexity index is 953. The van der Waals surface area contributed by atoms with E-state index in [0.29, 0.717) is 44.0 Å². The maximum Gasteiger partial charge on any atom is 0.416 e. The molecule has 0 saturated carbocycles. The number of rotatable bonds is 6. The van der Waals surface area contributed by atoms with Crippen LogP contribution in [0, 0.1) is 5.92 Å². The van der Waals surface area contributed by atoms with Gasteiger partial charge in [0, 0.05) is 42.7 Å². The summed E-state index contributed by atoms with van der Waals surface area (Å²) in [6.07, 6.45) is -3.47. The van der Waals surface area contributed by atoms with Crippen molar-refractivity contribution in [3.05, 3.63) is 59.2 Å². The molecule has 6 nitrogen and oxygen atoms in total. The molecule has 1 saturated heterocycles. The van der Waals surface area contributed by atoms with Crippen molar-refractivity contribution in [1.82, 2.24) is 10.2 Å². The molecule has 0 aliphatic carbocycles. The van der Waals surface area contributed by atoms with Crippen molar-refractivity contribution in [2.45, 2.75) is 25.6 Å². The number of halogens is 3. The molecule has 2 amide bonds. The van der Waals surface area contributed by atoms with Gasteiger partial charge in [-0.15, -0.1) is 0 Å². The van der Waals surface area contributed by atoms with E-state index in [0.717, 1.165) is 17.7 Å². The van der Waals surface area contributed by atoms with Crippen molar-refractivity contribution in [3.63, 3.8) is 0 Å². The van der Waals surface area contributed by atoms with Crippen LogP contribution in [0.5, 0.6) is 11.5 Å².